The molecule has 0 aliphatic heterocycles. The van der Waals surface area contributed by atoms with Crippen LogP contribution in [0.3, 0.4) is 0 Å². The van der Waals surface area contributed by atoms with E-state index in [1.807, 2.05) is 19.1 Å². The van der Waals surface area contributed by atoms with Gasteiger partial charge in [-0.2, -0.15) is 0 Å². The number of aryl methyl sites for hydroxylation is 2. The van der Waals surface area contributed by atoms with E-state index in [-0.39, 0.29) is 5.82 Å². The normalized spacial score (nSPS) is 12.4. The molecular formula is C15H16FNO. The number of halogens is 1. The Morgan fingerprint density at radius 2 is 2.17 bits per heavy atom. The topological polar surface area (TPSA) is 33.1 Å². The number of rotatable bonds is 4. The molecule has 0 saturated heterocycles. The summed E-state index contributed by atoms with van der Waals surface area (Å²) < 4.78 is 13.1. The number of aliphatic hydroxyl groups excluding tert-OH is 1. The predicted molar refractivity (Wildman–Crippen MR) is 68.7 cm³/mol. The molecule has 0 saturated carbocycles. The molecule has 0 amide bonds. The van der Waals surface area contributed by atoms with Crippen molar-refractivity contribution in [2.24, 2.45) is 0 Å². The van der Waals surface area contributed by atoms with Gasteiger partial charge in [0, 0.05) is 12.4 Å². The van der Waals surface area contributed by atoms with Crippen LogP contribution in [0.2, 0.25) is 0 Å². The first-order valence-electron chi connectivity index (χ1n) is 6.00. The first-order valence-corrected chi connectivity index (χ1v) is 6.00. The molecule has 1 aromatic carbocycles. The van der Waals surface area contributed by atoms with Gasteiger partial charge in [-0.05, 0) is 54.7 Å². The third kappa shape index (κ3) is 3.14. The van der Waals surface area contributed by atoms with Crippen LogP contribution in [0.15, 0.2) is 42.7 Å². The zero-order chi connectivity index (χ0) is 13.0. The van der Waals surface area contributed by atoms with Crippen molar-refractivity contribution in [3.05, 3.63) is 65.2 Å². The quantitative estimate of drug-likeness (QED) is 0.897. The molecule has 2 nitrogen and oxygen atoms in total. The van der Waals surface area contributed by atoms with E-state index < -0.39 is 6.10 Å². The average Bonchev–Trinajstić information content (AvgIpc) is 2.40. The molecule has 1 unspecified atom stereocenters. The predicted octanol–water partition coefficient (Wildman–Crippen LogP) is 3.20. The molecule has 2 rings (SSSR count). The van der Waals surface area contributed by atoms with E-state index in [2.05, 4.69) is 4.98 Å². The first kappa shape index (κ1) is 12.7. The SMILES string of the molecule is Cc1ccc(F)cc1C(O)CCc1cccnc1. The van der Waals surface area contributed by atoms with Gasteiger partial charge in [0.25, 0.3) is 0 Å². The van der Waals surface area contributed by atoms with Gasteiger partial charge in [0.15, 0.2) is 0 Å². The molecule has 1 N–H and O–H groups in total. The Morgan fingerprint density at radius 3 is 2.89 bits per heavy atom. The van der Waals surface area contributed by atoms with Crippen LogP contribution in [0, 0.1) is 12.7 Å². The minimum atomic E-state index is -0.638. The molecule has 0 fully saturated rings. The smallest absolute Gasteiger partial charge is 0.123 e. The van der Waals surface area contributed by atoms with Crippen molar-refractivity contribution < 1.29 is 9.50 Å². The van der Waals surface area contributed by atoms with Crippen molar-refractivity contribution >= 4 is 0 Å². The molecule has 0 aliphatic carbocycles. The van der Waals surface area contributed by atoms with Crippen LogP contribution in [0.4, 0.5) is 4.39 Å². The lowest BCUT2D eigenvalue weighted by molar-refractivity contribution is 0.166. The van der Waals surface area contributed by atoms with E-state index >= 15 is 0 Å². The van der Waals surface area contributed by atoms with E-state index in [4.69, 9.17) is 0 Å². The van der Waals surface area contributed by atoms with Gasteiger partial charge in [-0.15, -0.1) is 0 Å². The summed E-state index contributed by atoms with van der Waals surface area (Å²) in [4.78, 5) is 4.03. The van der Waals surface area contributed by atoms with Gasteiger partial charge >= 0.3 is 0 Å². The summed E-state index contributed by atoms with van der Waals surface area (Å²) in [6, 6.07) is 8.35. The lowest BCUT2D eigenvalue weighted by Gasteiger charge is -2.13. The third-order valence-electron chi connectivity index (χ3n) is 3.03. The molecule has 94 valence electrons. The van der Waals surface area contributed by atoms with E-state index in [0.29, 0.717) is 12.0 Å². The number of hydrogen-bond acceptors (Lipinski definition) is 2. The lowest BCUT2D eigenvalue weighted by atomic mass is 9.98. The Labute approximate surface area is 106 Å². The molecular weight excluding hydrogens is 229 g/mol. The van der Waals surface area contributed by atoms with Gasteiger partial charge in [-0.3, -0.25) is 4.98 Å². The number of hydrogen-bond donors (Lipinski definition) is 1. The molecule has 1 atom stereocenters. The number of aliphatic hydroxyl groups is 1. The van der Waals surface area contributed by atoms with Gasteiger partial charge < -0.3 is 5.11 Å². The molecule has 0 aliphatic rings. The molecule has 0 radical (unpaired) electrons. The summed E-state index contributed by atoms with van der Waals surface area (Å²) in [5, 5.41) is 10.1. The van der Waals surface area contributed by atoms with Crippen molar-refractivity contribution in [1.82, 2.24) is 4.98 Å². The molecule has 1 heterocycles. The third-order valence-corrected chi connectivity index (χ3v) is 3.03. The Hall–Kier alpha value is -1.74. The van der Waals surface area contributed by atoms with Crippen LogP contribution in [-0.4, -0.2) is 10.1 Å². The average molecular weight is 245 g/mol. The maximum Gasteiger partial charge on any atom is 0.123 e. The second kappa shape index (κ2) is 5.74. The monoisotopic (exact) mass is 245 g/mol. The van der Waals surface area contributed by atoms with Crippen molar-refractivity contribution in [3.63, 3.8) is 0 Å². The summed E-state index contributed by atoms with van der Waals surface area (Å²) in [7, 11) is 0. The first-order chi connectivity index (χ1) is 8.66. The fraction of sp³-hybridized carbons (Fsp3) is 0.267. The number of benzene rings is 1. The highest BCUT2D eigenvalue weighted by molar-refractivity contribution is 5.28. The molecule has 2 aromatic rings. The summed E-state index contributed by atoms with van der Waals surface area (Å²) in [6.45, 7) is 1.88. The van der Waals surface area contributed by atoms with Gasteiger partial charge in [0.2, 0.25) is 0 Å². The van der Waals surface area contributed by atoms with E-state index in [1.54, 1.807) is 18.5 Å². The summed E-state index contributed by atoms with van der Waals surface area (Å²) >= 11 is 0. The highest BCUT2D eigenvalue weighted by Crippen LogP contribution is 2.23. The molecule has 0 bridgehead atoms. The standard InChI is InChI=1S/C15H16FNO/c1-11-4-6-13(16)9-14(11)15(18)7-5-12-3-2-8-17-10-12/h2-4,6,8-10,15,18H,5,7H2,1H3. The van der Waals surface area contributed by atoms with Crippen molar-refractivity contribution in [2.75, 3.05) is 0 Å². The zero-order valence-electron chi connectivity index (χ0n) is 10.3. The molecule has 0 spiro atoms. The zero-order valence-corrected chi connectivity index (χ0v) is 10.3. The molecule has 18 heavy (non-hydrogen) atoms. The van der Waals surface area contributed by atoms with Crippen LogP contribution in [0.1, 0.15) is 29.2 Å². The van der Waals surface area contributed by atoms with E-state index in [0.717, 1.165) is 17.5 Å². The van der Waals surface area contributed by atoms with Crippen molar-refractivity contribution in [3.8, 4) is 0 Å². The number of pyridine rings is 1. The number of nitrogens with zero attached hydrogens (tertiary/aromatic N) is 1. The summed E-state index contributed by atoms with van der Waals surface area (Å²) in [5.74, 6) is -0.309. The Balaban J connectivity index is 2.03. The van der Waals surface area contributed by atoms with Gasteiger partial charge in [0.1, 0.15) is 5.82 Å². The minimum Gasteiger partial charge on any atom is -0.388 e. The van der Waals surface area contributed by atoms with Crippen LogP contribution in [0.25, 0.3) is 0 Å². The fourth-order valence-corrected chi connectivity index (χ4v) is 1.98. The minimum absolute atomic E-state index is 0.309. The van der Waals surface area contributed by atoms with E-state index in [9.17, 15) is 9.50 Å². The largest absolute Gasteiger partial charge is 0.388 e. The lowest BCUT2D eigenvalue weighted by Crippen LogP contribution is -2.02. The van der Waals surface area contributed by atoms with Gasteiger partial charge in [-0.25, -0.2) is 4.39 Å². The Bertz CT molecular complexity index is 513. The van der Waals surface area contributed by atoms with Crippen molar-refractivity contribution in [2.45, 2.75) is 25.9 Å². The maximum absolute atomic E-state index is 13.1. The van der Waals surface area contributed by atoms with Crippen LogP contribution < -0.4 is 0 Å². The fourth-order valence-electron chi connectivity index (χ4n) is 1.98. The van der Waals surface area contributed by atoms with Gasteiger partial charge in [-0.1, -0.05) is 12.1 Å². The second-order valence-electron chi connectivity index (χ2n) is 4.42. The maximum atomic E-state index is 13.1. The summed E-state index contributed by atoms with van der Waals surface area (Å²) in [5.41, 5.74) is 2.65. The van der Waals surface area contributed by atoms with E-state index in [1.165, 1.54) is 12.1 Å². The van der Waals surface area contributed by atoms with Crippen molar-refractivity contribution in [1.29, 1.82) is 0 Å². The Kier molecular flexibility index (Phi) is 4.05. The van der Waals surface area contributed by atoms with Crippen LogP contribution in [0.5, 0.6) is 0 Å². The highest BCUT2D eigenvalue weighted by atomic mass is 19.1. The molecule has 1 aromatic heterocycles. The van der Waals surface area contributed by atoms with Gasteiger partial charge in [0.05, 0.1) is 6.10 Å². The van der Waals surface area contributed by atoms with Crippen LogP contribution >= 0.6 is 0 Å². The second-order valence-corrected chi connectivity index (χ2v) is 4.42. The summed E-state index contributed by atoms with van der Waals surface area (Å²) in [6.07, 6.45) is 4.16. The Morgan fingerprint density at radius 1 is 1.33 bits per heavy atom. The van der Waals surface area contributed by atoms with Crippen LogP contribution in [-0.2, 0) is 6.42 Å². The highest BCUT2D eigenvalue weighted by Gasteiger charge is 2.11. The molecule has 3 heteroatoms. The number of aromatic nitrogens is 1.